The van der Waals surface area contributed by atoms with Gasteiger partial charge in [0.05, 0.1) is 0 Å². The summed E-state index contributed by atoms with van der Waals surface area (Å²) in [6.07, 6.45) is 2.36. The van der Waals surface area contributed by atoms with Gasteiger partial charge in [0.15, 0.2) is 0 Å². The van der Waals surface area contributed by atoms with Crippen molar-refractivity contribution in [2.75, 3.05) is 6.54 Å². The van der Waals surface area contributed by atoms with Crippen LogP contribution >= 0.6 is 15.9 Å². The van der Waals surface area contributed by atoms with Gasteiger partial charge in [0.25, 0.3) is 0 Å². The lowest BCUT2D eigenvalue weighted by Gasteiger charge is -2.06. The first kappa shape index (κ1) is 13.2. The second-order valence-corrected chi connectivity index (χ2v) is 5.47. The third kappa shape index (κ3) is 5.91. The molecule has 2 nitrogen and oxygen atoms in total. The summed E-state index contributed by atoms with van der Waals surface area (Å²) in [6.45, 7) is 2.83. The summed E-state index contributed by atoms with van der Waals surface area (Å²) >= 11 is 3.45. The van der Waals surface area contributed by atoms with E-state index in [1.807, 2.05) is 30.3 Å². The standard InChI is InChI=1S/C13H18BrNO/c1-11(14)9-10-15-13(16)8-7-12-5-3-2-4-6-12/h2-6,11H,7-10H2,1H3,(H,15,16). The Morgan fingerprint density at radius 1 is 1.38 bits per heavy atom. The van der Waals surface area contributed by atoms with Crippen molar-refractivity contribution in [2.24, 2.45) is 0 Å². The van der Waals surface area contributed by atoms with Crippen molar-refractivity contribution in [3.8, 4) is 0 Å². The monoisotopic (exact) mass is 283 g/mol. The highest BCUT2D eigenvalue weighted by Gasteiger charge is 2.02. The summed E-state index contributed by atoms with van der Waals surface area (Å²) in [5.74, 6) is 0.136. The van der Waals surface area contributed by atoms with Crippen LogP contribution in [0, 0.1) is 0 Å². The molecule has 0 heterocycles. The van der Waals surface area contributed by atoms with Gasteiger partial charge in [-0.15, -0.1) is 0 Å². The molecule has 1 amide bonds. The molecular formula is C13H18BrNO. The molecule has 88 valence electrons. The number of alkyl halides is 1. The zero-order chi connectivity index (χ0) is 11.8. The zero-order valence-corrected chi connectivity index (χ0v) is 11.2. The van der Waals surface area contributed by atoms with Crippen LogP contribution < -0.4 is 5.32 Å². The summed E-state index contributed by atoms with van der Waals surface area (Å²) in [7, 11) is 0. The predicted molar refractivity (Wildman–Crippen MR) is 70.8 cm³/mol. The number of carbonyl (C=O) groups excluding carboxylic acids is 1. The normalized spacial score (nSPS) is 12.1. The number of nitrogens with one attached hydrogen (secondary N) is 1. The number of benzene rings is 1. The van der Waals surface area contributed by atoms with E-state index < -0.39 is 0 Å². The molecule has 0 aliphatic heterocycles. The second-order valence-electron chi connectivity index (χ2n) is 3.90. The van der Waals surface area contributed by atoms with Gasteiger partial charge in [-0.1, -0.05) is 53.2 Å². The highest BCUT2D eigenvalue weighted by molar-refractivity contribution is 9.09. The average Bonchev–Trinajstić information content (AvgIpc) is 2.27. The fourth-order valence-corrected chi connectivity index (χ4v) is 1.63. The van der Waals surface area contributed by atoms with E-state index in [-0.39, 0.29) is 5.91 Å². The Hall–Kier alpha value is -0.830. The number of carbonyl (C=O) groups is 1. The largest absolute Gasteiger partial charge is 0.356 e. The van der Waals surface area contributed by atoms with Gasteiger partial charge in [0, 0.05) is 17.8 Å². The Balaban J connectivity index is 2.16. The number of aryl methyl sites for hydroxylation is 1. The Kier molecular flexibility index (Phi) is 6.16. The maximum atomic E-state index is 11.5. The van der Waals surface area contributed by atoms with Crippen LogP contribution in [0.3, 0.4) is 0 Å². The maximum Gasteiger partial charge on any atom is 0.220 e. The van der Waals surface area contributed by atoms with Crippen LogP contribution in [0.15, 0.2) is 30.3 Å². The summed E-state index contributed by atoms with van der Waals surface area (Å²) in [4.78, 5) is 11.9. The lowest BCUT2D eigenvalue weighted by atomic mass is 10.1. The lowest BCUT2D eigenvalue weighted by Crippen LogP contribution is -2.25. The second kappa shape index (κ2) is 7.44. The molecule has 0 aromatic heterocycles. The van der Waals surface area contributed by atoms with Crippen molar-refractivity contribution in [2.45, 2.75) is 31.0 Å². The van der Waals surface area contributed by atoms with Gasteiger partial charge < -0.3 is 5.32 Å². The molecular weight excluding hydrogens is 266 g/mol. The Bertz CT molecular complexity index is 311. The van der Waals surface area contributed by atoms with Crippen LogP contribution in [0.1, 0.15) is 25.3 Å². The van der Waals surface area contributed by atoms with Crippen molar-refractivity contribution >= 4 is 21.8 Å². The van der Waals surface area contributed by atoms with Crippen LogP contribution in [0.25, 0.3) is 0 Å². The van der Waals surface area contributed by atoms with Gasteiger partial charge in [-0.25, -0.2) is 0 Å². The van der Waals surface area contributed by atoms with E-state index in [4.69, 9.17) is 0 Å². The molecule has 0 saturated carbocycles. The first-order chi connectivity index (χ1) is 7.68. The number of hydrogen-bond acceptors (Lipinski definition) is 1. The molecule has 0 aliphatic carbocycles. The molecule has 1 rings (SSSR count). The first-order valence-corrected chi connectivity index (χ1v) is 6.54. The van der Waals surface area contributed by atoms with Gasteiger partial charge in [-0.3, -0.25) is 4.79 Å². The quantitative estimate of drug-likeness (QED) is 0.800. The molecule has 0 radical (unpaired) electrons. The number of rotatable bonds is 6. The van der Waals surface area contributed by atoms with E-state index in [9.17, 15) is 4.79 Å². The molecule has 0 saturated heterocycles. The lowest BCUT2D eigenvalue weighted by molar-refractivity contribution is -0.121. The first-order valence-electron chi connectivity index (χ1n) is 5.63. The van der Waals surface area contributed by atoms with E-state index in [0.717, 1.165) is 19.4 Å². The molecule has 1 atom stereocenters. The highest BCUT2D eigenvalue weighted by atomic mass is 79.9. The third-order valence-corrected chi connectivity index (χ3v) is 2.81. The minimum Gasteiger partial charge on any atom is -0.356 e. The van der Waals surface area contributed by atoms with E-state index in [0.29, 0.717) is 11.2 Å². The smallest absolute Gasteiger partial charge is 0.220 e. The minimum absolute atomic E-state index is 0.136. The van der Waals surface area contributed by atoms with Crippen LogP contribution in [0.5, 0.6) is 0 Å². The van der Waals surface area contributed by atoms with Crippen molar-refractivity contribution in [1.82, 2.24) is 5.32 Å². The molecule has 1 N–H and O–H groups in total. The molecule has 0 fully saturated rings. The average molecular weight is 284 g/mol. The summed E-state index contributed by atoms with van der Waals surface area (Å²) < 4.78 is 0. The fourth-order valence-electron chi connectivity index (χ4n) is 1.40. The molecule has 1 aromatic carbocycles. The van der Waals surface area contributed by atoms with E-state index in [2.05, 4.69) is 28.2 Å². The molecule has 0 spiro atoms. The maximum absolute atomic E-state index is 11.5. The van der Waals surface area contributed by atoms with E-state index in [1.54, 1.807) is 0 Å². The van der Waals surface area contributed by atoms with Crippen LogP contribution in [0.4, 0.5) is 0 Å². The predicted octanol–water partition coefficient (Wildman–Crippen LogP) is 2.91. The van der Waals surface area contributed by atoms with Gasteiger partial charge in [-0.05, 0) is 18.4 Å². The number of hydrogen-bond donors (Lipinski definition) is 1. The fraction of sp³-hybridized carbons (Fsp3) is 0.462. The Morgan fingerprint density at radius 2 is 2.06 bits per heavy atom. The Morgan fingerprint density at radius 3 is 2.69 bits per heavy atom. The number of amides is 1. The Labute approximate surface area is 106 Å². The van der Waals surface area contributed by atoms with Gasteiger partial charge in [0.1, 0.15) is 0 Å². The molecule has 0 bridgehead atoms. The van der Waals surface area contributed by atoms with Gasteiger partial charge in [0.2, 0.25) is 5.91 Å². The van der Waals surface area contributed by atoms with Gasteiger partial charge in [-0.2, -0.15) is 0 Å². The molecule has 1 aromatic rings. The molecule has 3 heteroatoms. The van der Waals surface area contributed by atoms with Crippen LogP contribution in [0.2, 0.25) is 0 Å². The topological polar surface area (TPSA) is 29.1 Å². The van der Waals surface area contributed by atoms with Crippen molar-refractivity contribution in [1.29, 1.82) is 0 Å². The molecule has 16 heavy (non-hydrogen) atoms. The SMILES string of the molecule is CC(Br)CCNC(=O)CCc1ccccc1. The van der Waals surface area contributed by atoms with E-state index >= 15 is 0 Å². The van der Waals surface area contributed by atoms with Crippen molar-refractivity contribution in [3.63, 3.8) is 0 Å². The highest BCUT2D eigenvalue weighted by Crippen LogP contribution is 2.03. The summed E-state index contributed by atoms with van der Waals surface area (Å²) in [6, 6.07) is 10.1. The number of halogens is 1. The third-order valence-electron chi connectivity index (χ3n) is 2.35. The summed E-state index contributed by atoms with van der Waals surface area (Å²) in [5, 5.41) is 2.92. The van der Waals surface area contributed by atoms with Crippen LogP contribution in [-0.2, 0) is 11.2 Å². The van der Waals surface area contributed by atoms with Crippen molar-refractivity contribution < 1.29 is 4.79 Å². The molecule has 0 aliphatic rings. The zero-order valence-electron chi connectivity index (χ0n) is 9.58. The molecule has 1 unspecified atom stereocenters. The summed E-state index contributed by atoms with van der Waals surface area (Å²) in [5.41, 5.74) is 1.21. The minimum atomic E-state index is 0.136. The van der Waals surface area contributed by atoms with Crippen molar-refractivity contribution in [3.05, 3.63) is 35.9 Å². The van der Waals surface area contributed by atoms with Crippen LogP contribution in [-0.4, -0.2) is 17.3 Å². The van der Waals surface area contributed by atoms with E-state index in [1.165, 1.54) is 5.56 Å². The van der Waals surface area contributed by atoms with Gasteiger partial charge >= 0.3 is 0 Å².